The van der Waals surface area contributed by atoms with Crippen molar-refractivity contribution in [1.29, 1.82) is 0 Å². The van der Waals surface area contributed by atoms with E-state index in [2.05, 4.69) is 0 Å². The first-order chi connectivity index (χ1) is 24.1. The van der Waals surface area contributed by atoms with Gasteiger partial charge in [-0.3, -0.25) is 18.4 Å². The molecule has 5 rings (SSSR count). The maximum atomic E-state index is 14.2. The van der Waals surface area contributed by atoms with E-state index in [1.807, 2.05) is 152 Å². The van der Waals surface area contributed by atoms with Gasteiger partial charge in [0.05, 0.1) is 39.6 Å². The van der Waals surface area contributed by atoms with E-state index in [1.165, 1.54) is 0 Å². The van der Waals surface area contributed by atoms with Crippen molar-refractivity contribution < 1.29 is 37.1 Å². The van der Waals surface area contributed by atoms with Crippen LogP contribution in [-0.4, -0.2) is 31.2 Å². The number of phosphoric acid groups is 1. The van der Waals surface area contributed by atoms with Crippen molar-refractivity contribution in [1.82, 2.24) is 0 Å². The van der Waals surface area contributed by atoms with Crippen molar-refractivity contribution in [3.8, 4) is 0 Å². The van der Waals surface area contributed by atoms with Crippen LogP contribution in [0.2, 0.25) is 0 Å². The number of rotatable bonds is 21. The van der Waals surface area contributed by atoms with Gasteiger partial charge in [0.2, 0.25) is 0 Å². The zero-order chi connectivity index (χ0) is 34.0. The van der Waals surface area contributed by atoms with E-state index in [4.69, 9.17) is 27.8 Å². The van der Waals surface area contributed by atoms with Crippen LogP contribution >= 0.6 is 7.82 Å². The van der Waals surface area contributed by atoms with Crippen LogP contribution in [0.25, 0.3) is 0 Å². The first-order valence-electron chi connectivity index (χ1n) is 16.1. The molecule has 0 bridgehead atoms. The summed E-state index contributed by atoms with van der Waals surface area (Å²) in [6, 6.07) is 47.3. The maximum absolute atomic E-state index is 14.2. The molecule has 254 valence electrons. The summed E-state index contributed by atoms with van der Waals surface area (Å²) in [5.41, 5.74) is 4.27. The zero-order valence-electron chi connectivity index (χ0n) is 27.3. The van der Waals surface area contributed by atoms with Crippen LogP contribution < -0.4 is 0 Å². The average molecular weight is 681 g/mol. The molecule has 0 radical (unpaired) electrons. The summed E-state index contributed by atoms with van der Waals surface area (Å²) in [6.07, 6.45) is -2.12. The van der Waals surface area contributed by atoms with Gasteiger partial charge in [-0.25, -0.2) is 4.57 Å². The number of ether oxygens (including phenoxy) is 3. The summed E-state index contributed by atoms with van der Waals surface area (Å²) >= 11 is 0. The minimum Gasteiger partial charge on any atom is -0.369 e. The third-order valence-electron chi connectivity index (χ3n) is 7.45. The minimum absolute atomic E-state index is 0.0113. The zero-order valence-corrected chi connectivity index (χ0v) is 28.1. The van der Waals surface area contributed by atoms with Crippen LogP contribution in [0.15, 0.2) is 152 Å². The number of carbonyl (C=O) groups excluding carboxylic acids is 1. The predicted molar refractivity (Wildman–Crippen MR) is 187 cm³/mol. The molecule has 0 aliphatic carbocycles. The van der Waals surface area contributed by atoms with Crippen LogP contribution in [0.4, 0.5) is 0 Å². The van der Waals surface area contributed by atoms with Gasteiger partial charge in [-0.1, -0.05) is 152 Å². The molecule has 0 saturated carbocycles. The van der Waals surface area contributed by atoms with Gasteiger partial charge in [0.15, 0.2) is 5.78 Å². The molecular formula is C40H41O8P. The molecule has 9 heteroatoms. The Morgan fingerprint density at radius 2 is 0.837 bits per heavy atom. The summed E-state index contributed by atoms with van der Waals surface area (Å²) in [4.78, 5) is 13.8. The number of carbonyl (C=O) groups is 1. The van der Waals surface area contributed by atoms with Gasteiger partial charge in [-0.15, -0.1) is 0 Å². The summed E-state index contributed by atoms with van der Waals surface area (Å²) in [5, 5.41) is 0. The number of hydrogen-bond acceptors (Lipinski definition) is 8. The Morgan fingerprint density at radius 3 is 1.27 bits per heavy atom. The molecule has 0 unspecified atom stereocenters. The highest BCUT2D eigenvalue weighted by atomic mass is 31.2. The number of ketones is 1. The van der Waals surface area contributed by atoms with Crippen molar-refractivity contribution in [2.75, 3.05) is 13.2 Å². The second-order valence-corrected chi connectivity index (χ2v) is 12.9. The molecule has 8 nitrogen and oxygen atoms in total. The molecule has 0 spiro atoms. The molecule has 5 aromatic rings. The quantitative estimate of drug-likeness (QED) is 0.0713. The lowest BCUT2D eigenvalue weighted by atomic mass is 10.1. The number of Topliss-reactive ketones (excluding diaryl/α,β-unsaturated/α-hetero) is 1. The van der Waals surface area contributed by atoms with Crippen LogP contribution in [0.5, 0.6) is 0 Å². The highest BCUT2D eigenvalue weighted by molar-refractivity contribution is 7.48. The molecule has 0 aromatic heterocycles. The fraction of sp³-hybridized carbons (Fsp3) is 0.225. The van der Waals surface area contributed by atoms with Gasteiger partial charge in [0.1, 0.15) is 18.8 Å². The lowest BCUT2D eigenvalue weighted by molar-refractivity contribution is -0.154. The summed E-state index contributed by atoms with van der Waals surface area (Å²) in [6.45, 7) is -0.0407. The molecule has 5 aromatic carbocycles. The summed E-state index contributed by atoms with van der Waals surface area (Å²) in [7, 11) is -4.19. The van der Waals surface area contributed by atoms with Crippen LogP contribution in [0.3, 0.4) is 0 Å². The second kappa shape index (κ2) is 19.7. The molecule has 0 N–H and O–H groups in total. The normalized spacial score (nSPS) is 12.7. The van der Waals surface area contributed by atoms with Crippen LogP contribution in [0, 0.1) is 0 Å². The third kappa shape index (κ3) is 12.6. The van der Waals surface area contributed by atoms with Crippen LogP contribution in [-0.2, 0) is 70.2 Å². The van der Waals surface area contributed by atoms with E-state index in [-0.39, 0.29) is 52.0 Å². The topological polar surface area (TPSA) is 89.5 Å². The Bertz CT molecular complexity index is 1640. The minimum atomic E-state index is -4.19. The lowest BCUT2D eigenvalue weighted by Crippen LogP contribution is -2.43. The number of hydrogen-bond donors (Lipinski definition) is 0. The fourth-order valence-electron chi connectivity index (χ4n) is 4.83. The molecule has 0 saturated heterocycles. The van der Waals surface area contributed by atoms with E-state index in [0.29, 0.717) is 0 Å². The van der Waals surface area contributed by atoms with Gasteiger partial charge in [-0.2, -0.15) is 0 Å². The Hall–Kier alpha value is -4.24. The summed E-state index contributed by atoms with van der Waals surface area (Å²) in [5.74, 6) is -0.348. The first kappa shape index (κ1) is 36.1. The maximum Gasteiger partial charge on any atom is 0.475 e. The molecule has 2 atom stereocenters. The lowest BCUT2D eigenvalue weighted by Gasteiger charge is -2.28. The van der Waals surface area contributed by atoms with Crippen molar-refractivity contribution in [2.45, 2.75) is 45.2 Å². The largest absolute Gasteiger partial charge is 0.475 e. The van der Waals surface area contributed by atoms with Gasteiger partial charge >= 0.3 is 7.82 Å². The van der Waals surface area contributed by atoms with Gasteiger partial charge in [0.25, 0.3) is 0 Å². The Morgan fingerprint density at radius 1 is 0.469 bits per heavy atom. The molecule has 0 fully saturated rings. The van der Waals surface area contributed by atoms with Crippen molar-refractivity contribution >= 4 is 13.6 Å². The van der Waals surface area contributed by atoms with E-state index >= 15 is 0 Å². The standard InChI is InChI=1S/C40H41O8P/c41-38(31-43-26-33-16-6-1-7-17-33)40(45-28-35-20-10-3-11-21-35)39(44-27-34-18-8-2-9-19-34)32-48-49(42,46-29-36-22-12-4-13-23-36)47-30-37-24-14-5-15-25-37/h1-25,39-40H,26-32H2/t39-,40+/m1/s1. The van der Waals surface area contributed by atoms with Crippen molar-refractivity contribution in [2.24, 2.45) is 0 Å². The molecule has 49 heavy (non-hydrogen) atoms. The predicted octanol–water partition coefficient (Wildman–Crippen LogP) is 8.50. The van der Waals surface area contributed by atoms with E-state index in [1.54, 1.807) is 0 Å². The molecular weight excluding hydrogens is 639 g/mol. The van der Waals surface area contributed by atoms with E-state index in [9.17, 15) is 9.36 Å². The Labute approximate surface area is 288 Å². The average Bonchev–Trinajstić information content (AvgIpc) is 3.16. The van der Waals surface area contributed by atoms with Gasteiger partial charge in [-0.05, 0) is 27.8 Å². The fourth-order valence-corrected chi connectivity index (χ4v) is 5.99. The monoisotopic (exact) mass is 680 g/mol. The molecule has 0 amide bonds. The molecule has 0 aliphatic heterocycles. The molecule has 0 heterocycles. The SMILES string of the molecule is O=C(COCc1ccccc1)[C@H](OCc1ccccc1)[C@@H](COP(=O)(OCc1ccccc1)OCc1ccccc1)OCc1ccccc1. The highest BCUT2D eigenvalue weighted by Gasteiger charge is 2.35. The van der Waals surface area contributed by atoms with Crippen molar-refractivity contribution in [3.05, 3.63) is 179 Å². The van der Waals surface area contributed by atoms with E-state index in [0.717, 1.165) is 27.8 Å². The Balaban J connectivity index is 1.36. The molecule has 0 aliphatic rings. The van der Waals surface area contributed by atoms with Crippen molar-refractivity contribution in [3.63, 3.8) is 0 Å². The second-order valence-electron chi connectivity index (χ2n) is 11.3. The Kier molecular flexibility index (Phi) is 14.5. The number of phosphoric ester groups is 1. The van der Waals surface area contributed by atoms with Crippen LogP contribution in [0.1, 0.15) is 27.8 Å². The number of benzene rings is 5. The van der Waals surface area contributed by atoms with E-state index < -0.39 is 20.0 Å². The summed E-state index contributed by atoms with van der Waals surface area (Å²) < 4.78 is 50.2. The van der Waals surface area contributed by atoms with Gasteiger partial charge in [0, 0.05) is 0 Å². The smallest absolute Gasteiger partial charge is 0.369 e. The first-order valence-corrected chi connectivity index (χ1v) is 17.6. The third-order valence-corrected chi connectivity index (χ3v) is 8.81. The highest BCUT2D eigenvalue weighted by Crippen LogP contribution is 2.51. The van der Waals surface area contributed by atoms with Gasteiger partial charge < -0.3 is 14.2 Å².